The summed E-state index contributed by atoms with van der Waals surface area (Å²) in [7, 11) is 1.38. The summed E-state index contributed by atoms with van der Waals surface area (Å²) >= 11 is 0. The lowest BCUT2D eigenvalue weighted by Gasteiger charge is -2.23. The second-order valence-electron chi connectivity index (χ2n) is 5.45. The molecule has 0 unspecified atom stereocenters. The van der Waals surface area contributed by atoms with E-state index in [9.17, 15) is 8.78 Å². The van der Waals surface area contributed by atoms with Crippen molar-refractivity contribution in [3.63, 3.8) is 0 Å². The second kappa shape index (κ2) is 9.19. The van der Waals surface area contributed by atoms with Crippen molar-refractivity contribution in [2.45, 2.75) is 44.1 Å². The van der Waals surface area contributed by atoms with Gasteiger partial charge >= 0.3 is 5.92 Å². The van der Waals surface area contributed by atoms with E-state index >= 15 is 0 Å². The Morgan fingerprint density at radius 1 is 1.39 bits per heavy atom. The number of rotatable bonds is 5. The second-order valence-corrected chi connectivity index (χ2v) is 5.45. The molecule has 0 amide bonds. The normalized spacial score (nSPS) is 16.6. The number of alkyl halides is 2. The molecule has 130 valence electrons. The molecule has 0 bridgehead atoms. The molecule has 0 aromatic carbocycles. The molecule has 1 aromatic heterocycles. The molecule has 23 heavy (non-hydrogen) atoms. The molecule has 1 heterocycles. The van der Waals surface area contributed by atoms with Crippen LogP contribution in [0.5, 0.6) is 5.88 Å². The minimum absolute atomic E-state index is 0. The highest BCUT2D eigenvalue weighted by molar-refractivity contribution is 14.0. The van der Waals surface area contributed by atoms with Crippen LogP contribution >= 0.6 is 24.0 Å². The third kappa shape index (κ3) is 6.08. The number of halogens is 3. The number of methoxy groups -OCH3 is 1. The molecule has 0 spiro atoms. The van der Waals surface area contributed by atoms with Gasteiger partial charge in [-0.2, -0.15) is 8.78 Å². The van der Waals surface area contributed by atoms with Crippen LogP contribution in [-0.2, 0) is 5.92 Å². The first-order chi connectivity index (χ1) is 10.5. The van der Waals surface area contributed by atoms with Crippen LogP contribution in [0, 0.1) is 0 Å². The molecule has 0 aliphatic heterocycles. The summed E-state index contributed by atoms with van der Waals surface area (Å²) in [6, 6.07) is 4.48. The van der Waals surface area contributed by atoms with Gasteiger partial charge < -0.3 is 15.8 Å². The van der Waals surface area contributed by atoms with Gasteiger partial charge in [0.1, 0.15) is 12.2 Å². The van der Waals surface area contributed by atoms with Crippen LogP contribution in [-0.4, -0.2) is 30.6 Å². The van der Waals surface area contributed by atoms with Gasteiger partial charge in [0.15, 0.2) is 5.96 Å². The zero-order valence-electron chi connectivity index (χ0n) is 13.1. The summed E-state index contributed by atoms with van der Waals surface area (Å²) in [6.45, 7) is -0.737. The van der Waals surface area contributed by atoms with E-state index in [2.05, 4.69) is 15.3 Å². The van der Waals surface area contributed by atoms with Crippen molar-refractivity contribution in [1.29, 1.82) is 0 Å². The van der Waals surface area contributed by atoms with Crippen LogP contribution in [0.25, 0.3) is 0 Å². The fourth-order valence-electron chi connectivity index (χ4n) is 2.50. The summed E-state index contributed by atoms with van der Waals surface area (Å²) in [5.41, 5.74) is 5.33. The minimum atomic E-state index is -3.19. The lowest BCUT2D eigenvalue weighted by Crippen LogP contribution is -2.41. The highest BCUT2D eigenvalue weighted by Gasteiger charge is 2.33. The number of pyridine rings is 1. The monoisotopic (exact) mass is 440 g/mol. The third-order valence-corrected chi connectivity index (χ3v) is 3.71. The summed E-state index contributed by atoms with van der Waals surface area (Å²) in [5.74, 6) is -2.98. The fourth-order valence-corrected chi connectivity index (χ4v) is 2.50. The first kappa shape index (κ1) is 19.9. The summed E-state index contributed by atoms with van der Waals surface area (Å²) in [5, 5.41) is 3.01. The first-order valence-electron chi connectivity index (χ1n) is 7.47. The van der Waals surface area contributed by atoms with E-state index in [1.807, 2.05) is 0 Å². The fraction of sp³-hybridized carbons (Fsp3) is 0.600. The Labute approximate surface area is 152 Å². The van der Waals surface area contributed by atoms with E-state index in [1.54, 1.807) is 0 Å². The Bertz CT molecular complexity index is 522. The predicted octanol–water partition coefficient (Wildman–Crippen LogP) is 3.04. The van der Waals surface area contributed by atoms with E-state index in [1.165, 1.54) is 31.7 Å². The number of hydrogen-bond acceptors (Lipinski definition) is 3. The predicted molar refractivity (Wildman–Crippen MR) is 96.6 cm³/mol. The molecule has 1 saturated carbocycles. The van der Waals surface area contributed by atoms with Crippen LogP contribution in [0.2, 0.25) is 0 Å². The molecular formula is C15H23F2IN4O. The molecule has 3 N–H and O–H groups in total. The molecular weight excluding hydrogens is 417 g/mol. The molecule has 1 aromatic rings. The van der Waals surface area contributed by atoms with Crippen LogP contribution in [0.4, 0.5) is 8.78 Å². The molecule has 1 aliphatic carbocycles. The molecule has 2 rings (SSSR count). The Hall–Kier alpha value is -1.19. The number of nitrogens with zero attached hydrogens (tertiary/aromatic N) is 2. The van der Waals surface area contributed by atoms with Crippen LogP contribution < -0.4 is 15.8 Å². The van der Waals surface area contributed by atoms with Crippen LogP contribution in [0.1, 0.15) is 37.8 Å². The Kier molecular flexibility index (Phi) is 7.93. The van der Waals surface area contributed by atoms with Gasteiger partial charge in [-0.05, 0) is 18.9 Å². The first-order valence-corrected chi connectivity index (χ1v) is 7.47. The highest BCUT2D eigenvalue weighted by Crippen LogP contribution is 2.27. The summed E-state index contributed by atoms with van der Waals surface area (Å²) < 4.78 is 33.1. The number of aliphatic imine (C=N–C) groups is 1. The van der Waals surface area contributed by atoms with Gasteiger partial charge in [-0.3, -0.25) is 0 Å². The van der Waals surface area contributed by atoms with Gasteiger partial charge in [0, 0.05) is 12.1 Å². The number of nitrogens with one attached hydrogen (secondary N) is 1. The van der Waals surface area contributed by atoms with Crippen molar-refractivity contribution in [3.05, 3.63) is 23.9 Å². The molecule has 8 heteroatoms. The Morgan fingerprint density at radius 2 is 2.09 bits per heavy atom. The van der Waals surface area contributed by atoms with Crippen molar-refractivity contribution in [2.75, 3.05) is 13.7 Å². The van der Waals surface area contributed by atoms with E-state index < -0.39 is 12.5 Å². The molecule has 5 nitrogen and oxygen atoms in total. The zero-order chi connectivity index (χ0) is 16.0. The molecule has 1 fully saturated rings. The lowest BCUT2D eigenvalue weighted by molar-refractivity contribution is 0.00137. The maximum atomic E-state index is 14.1. The van der Waals surface area contributed by atoms with Crippen LogP contribution in [0.3, 0.4) is 0 Å². The van der Waals surface area contributed by atoms with Gasteiger partial charge in [-0.1, -0.05) is 25.3 Å². The number of hydrogen-bond donors (Lipinski definition) is 2. The maximum absolute atomic E-state index is 14.1. The standard InChI is InChI=1S/C15H22F2N4O.HI/c1-22-13-9-5-8-12(21-13)15(16,17)10-19-14(18)20-11-6-3-2-4-7-11;/h5,8-9,11H,2-4,6-7,10H2,1H3,(H3,18,19,20);1H. The zero-order valence-corrected chi connectivity index (χ0v) is 15.4. The highest BCUT2D eigenvalue weighted by atomic mass is 127. The third-order valence-electron chi connectivity index (χ3n) is 3.71. The SMILES string of the molecule is COc1cccc(C(F)(F)CN=C(N)NC2CCCCC2)n1.I. The van der Waals surface area contributed by atoms with Gasteiger partial charge in [0.05, 0.1) is 7.11 Å². The average molecular weight is 440 g/mol. The Balaban J connectivity index is 0.00000264. The minimum Gasteiger partial charge on any atom is -0.481 e. The van der Waals surface area contributed by atoms with Crippen LogP contribution in [0.15, 0.2) is 23.2 Å². The number of guanidine groups is 1. The van der Waals surface area contributed by atoms with Crippen molar-refractivity contribution in [3.8, 4) is 5.88 Å². The largest absolute Gasteiger partial charge is 0.481 e. The maximum Gasteiger partial charge on any atom is 0.309 e. The number of nitrogens with two attached hydrogens (primary N) is 1. The summed E-state index contributed by atoms with van der Waals surface area (Å²) in [4.78, 5) is 7.53. The van der Waals surface area contributed by atoms with E-state index in [0.29, 0.717) is 0 Å². The topological polar surface area (TPSA) is 72.5 Å². The summed E-state index contributed by atoms with van der Waals surface area (Å²) in [6.07, 6.45) is 5.49. The quantitative estimate of drug-likeness (QED) is 0.420. The van der Waals surface area contributed by atoms with Crippen molar-refractivity contribution in [1.82, 2.24) is 10.3 Å². The Morgan fingerprint density at radius 3 is 2.74 bits per heavy atom. The van der Waals surface area contributed by atoms with E-state index in [-0.39, 0.29) is 47.6 Å². The molecule has 0 saturated heterocycles. The van der Waals surface area contributed by atoms with Gasteiger partial charge in [-0.25, -0.2) is 9.98 Å². The van der Waals surface area contributed by atoms with Gasteiger partial charge in [0.25, 0.3) is 0 Å². The molecule has 0 atom stereocenters. The smallest absolute Gasteiger partial charge is 0.309 e. The van der Waals surface area contributed by atoms with Gasteiger partial charge in [0.2, 0.25) is 5.88 Å². The lowest BCUT2D eigenvalue weighted by atomic mass is 9.96. The number of aromatic nitrogens is 1. The van der Waals surface area contributed by atoms with E-state index in [0.717, 1.165) is 25.7 Å². The average Bonchev–Trinajstić information content (AvgIpc) is 2.54. The van der Waals surface area contributed by atoms with Crippen molar-refractivity contribution in [2.24, 2.45) is 10.7 Å². The van der Waals surface area contributed by atoms with Crippen molar-refractivity contribution < 1.29 is 13.5 Å². The van der Waals surface area contributed by atoms with Gasteiger partial charge in [-0.15, -0.1) is 24.0 Å². The van der Waals surface area contributed by atoms with E-state index in [4.69, 9.17) is 10.5 Å². The number of ether oxygens (including phenoxy) is 1. The van der Waals surface area contributed by atoms with Crippen molar-refractivity contribution >= 4 is 29.9 Å². The molecule has 1 aliphatic rings. The molecule has 0 radical (unpaired) electrons.